The molecule has 0 bridgehead atoms. The molecular weight excluding hydrogens is 224 g/mol. The van der Waals surface area contributed by atoms with Crippen LogP contribution in [0.4, 0.5) is 0 Å². The maximum absolute atomic E-state index is 10.2. The number of hydrogen-bond acceptors (Lipinski definition) is 4. The van der Waals surface area contributed by atoms with Crippen LogP contribution in [-0.2, 0) is 0 Å². The zero-order chi connectivity index (χ0) is 12.6. The van der Waals surface area contributed by atoms with Crippen LogP contribution in [0.1, 0.15) is 36.8 Å². The smallest absolute Gasteiger partial charge is 0.338 e. The second kappa shape index (κ2) is 8.24. The number of nitrogens with zero attached hydrogens (tertiary/aromatic N) is 2. The Morgan fingerprint density at radius 2 is 1.88 bits per heavy atom. The Kier molecular flexibility index (Phi) is 7.76. The van der Waals surface area contributed by atoms with Crippen LogP contribution in [0.5, 0.6) is 0 Å². The van der Waals surface area contributed by atoms with Gasteiger partial charge < -0.3 is 10.0 Å². The lowest BCUT2D eigenvalue weighted by atomic mass is 10.3. The largest absolute Gasteiger partial charge is 0.478 e. The van der Waals surface area contributed by atoms with Crippen LogP contribution in [0.3, 0.4) is 0 Å². The number of carbonyl (C=O) groups is 1. The molecule has 0 saturated carbocycles. The van der Waals surface area contributed by atoms with Crippen LogP contribution < -0.4 is 0 Å². The summed E-state index contributed by atoms with van der Waals surface area (Å²) in [6, 6.07) is 0. The second-order valence-electron chi connectivity index (χ2n) is 3.24. The number of carboxylic acid groups (broad SMARTS) is 1. The third kappa shape index (κ3) is 5.23. The van der Waals surface area contributed by atoms with Gasteiger partial charge in [0.1, 0.15) is 0 Å². The molecular formula is C11H20N2O2S. The summed E-state index contributed by atoms with van der Waals surface area (Å²) in [5.41, 5.74) is 0.896. The summed E-state index contributed by atoms with van der Waals surface area (Å²) < 4.78 is 3.80. The van der Waals surface area contributed by atoms with E-state index in [9.17, 15) is 4.79 Å². The lowest BCUT2D eigenvalue weighted by Gasteiger charge is -2.13. The van der Waals surface area contributed by atoms with E-state index in [1.54, 1.807) is 6.92 Å². The van der Waals surface area contributed by atoms with Gasteiger partial charge in [0.2, 0.25) is 0 Å². The molecule has 0 aromatic carbocycles. The third-order valence-corrected chi connectivity index (χ3v) is 3.04. The van der Waals surface area contributed by atoms with Crippen molar-refractivity contribution in [1.29, 1.82) is 0 Å². The second-order valence-corrected chi connectivity index (χ2v) is 3.87. The van der Waals surface area contributed by atoms with Crippen LogP contribution in [-0.4, -0.2) is 40.0 Å². The van der Waals surface area contributed by atoms with Gasteiger partial charge in [-0.2, -0.15) is 4.37 Å². The Morgan fingerprint density at radius 3 is 2.00 bits per heavy atom. The van der Waals surface area contributed by atoms with Crippen LogP contribution >= 0.6 is 11.5 Å². The van der Waals surface area contributed by atoms with Gasteiger partial charge in [-0.1, -0.05) is 20.8 Å². The normalized spacial score (nSPS) is 9.81. The SMILES string of the molecule is CCN(CC)CC.Cc1nscc1C(=O)O. The first-order valence-corrected chi connectivity index (χ1v) is 6.26. The Balaban J connectivity index is 0.000000293. The van der Waals surface area contributed by atoms with Crippen molar-refractivity contribution < 1.29 is 9.90 Å². The van der Waals surface area contributed by atoms with Crippen molar-refractivity contribution in [2.45, 2.75) is 27.7 Å². The average molecular weight is 244 g/mol. The predicted molar refractivity (Wildman–Crippen MR) is 67.3 cm³/mol. The fourth-order valence-electron chi connectivity index (χ4n) is 1.17. The molecule has 4 nitrogen and oxygen atoms in total. The molecule has 5 heteroatoms. The maximum atomic E-state index is 10.2. The number of aromatic nitrogens is 1. The van der Waals surface area contributed by atoms with Gasteiger partial charge in [0.15, 0.2) is 0 Å². The van der Waals surface area contributed by atoms with Crippen LogP contribution in [0.15, 0.2) is 5.38 Å². The summed E-state index contributed by atoms with van der Waals surface area (Å²) in [6.45, 7) is 11.8. The summed E-state index contributed by atoms with van der Waals surface area (Å²) >= 11 is 1.16. The first-order valence-electron chi connectivity index (χ1n) is 5.43. The van der Waals surface area contributed by atoms with Gasteiger partial charge in [-0.15, -0.1) is 0 Å². The molecule has 1 rings (SSSR count). The highest BCUT2D eigenvalue weighted by atomic mass is 32.1. The van der Waals surface area contributed by atoms with Gasteiger partial charge in [-0.25, -0.2) is 4.79 Å². The standard InChI is InChI=1S/C6H15N.C5H5NO2S/c1-4-7(5-2)6-3;1-3-4(5(7)8)2-9-6-3/h4-6H2,1-3H3;2H,1H3,(H,7,8). The molecule has 0 aliphatic rings. The van der Waals surface area contributed by atoms with E-state index < -0.39 is 5.97 Å². The quantitative estimate of drug-likeness (QED) is 0.884. The summed E-state index contributed by atoms with van der Waals surface area (Å²) in [5, 5.41) is 9.95. The molecule has 0 spiro atoms. The predicted octanol–water partition coefficient (Wildman–Crippen LogP) is 2.50. The molecule has 16 heavy (non-hydrogen) atoms. The van der Waals surface area contributed by atoms with E-state index in [1.807, 2.05) is 0 Å². The zero-order valence-corrected chi connectivity index (χ0v) is 11.2. The van der Waals surface area contributed by atoms with Crippen molar-refractivity contribution in [1.82, 2.24) is 9.27 Å². The van der Waals surface area contributed by atoms with E-state index in [-0.39, 0.29) is 0 Å². The van der Waals surface area contributed by atoms with Crippen LogP contribution in [0.2, 0.25) is 0 Å². The molecule has 0 amide bonds. The lowest BCUT2D eigenvalue weighted by molar-refractivity contribution is 0.0696. The minimum Gasteiger partial charge on any atom is -0.478 e. The Hall–Kier alpha value is -0.940. The number of aromatic carboxylic acids is 1. The molecule has 1 N–H and O–H groups in total. The lowest BCUT2D eigenvalue weighted by Crippen LogP contribution is -2.21. The first-order chi connectivity index (χ1) is 7.56. The van der Waals surface area contributed by atoms with Crippen molar-refractivity contribution in [3.05, 3.63) is 16.6 Å². The van der Waals surface area contributed by atoms with Gasteiger partial charge >= 0.3 is 5.97 Å². The molecule has 1 heterocycles. The highest BCUT2D eigenvalue weighted by Gasteiger charge is 2.07. The monoisotopic (exact) mass is 244 g/mol. The number of carboxylic acids is 1. The Morgan fingerprint density at radius 1 is 1.38 bits per heavy atom. The van der Waals surface area contributed by atoms with Crippen molar-refractivity contribution >= 4 is 17.5 Å². The van der Waals surface area contributed by atoms with Crippen molar-refractivity contribution in [2.24, 2.45) is 0 Å². The minimum atomic E-state index is -0.902. The highest BCUT2D eigenvalue weighted by Crippen LogP contribution is 2.07. The van der Waals surface area contributed by atoms with Gasteiger partial charge in [0, 0.05) is 5.38 Å². The molecule has 92 valence electrons. The van der Waals surface area contributed by atoms with Gasteiger partial charge in [0.25, 0.3) is 0 Å². The molecule has 1 aromatic heterocycles. The summed E-state index contributed by atoms with van der Waals surface area (Å²) in [5.74, 6) is -0.902. The number of hydrogen-bond donors (Lipinski definition) is 1. The Labute approximate surface area is 101 Å². The van der Waals surface area contributed by atoms with E-state index in [0.717, 1.165) is 11.5 Å². The van der Waals surface area contributed by atoms with Gasteiger partial charge in [-0.05, 0) is 38.1 Å². The van der Waals surface area contributed by atoms with Crippen molar-refractivity contribution in [2.75, 3.05) is 19.6 Å². The zero-order valence-electron chi connectivity index (χ0n) is 10.4. The molecule has 0 aliphatic carbocycles. The molecule has 0 radical (unpaired) electrons. The van der Waals surface area contributed by atoms with E-state index >= 15 is 0 Å². The fourth-order valence-corrected chi connectivity index (χ4v) is 1.85. The van der Waals surface area contributed by atoms with E-state index in [2.05, 4.69) is 30.0 Å². The highest BCUT2D eigenvalue weighted by molar-refractivity contribution is 7.03. The van der Waals surface area contributed by atoms with E-state index in [4.69, 9.17) is 5.11 Å². The number of aryl methyl sites for hydroxylation is 1. The van der Waals surface area contributed by atoms with Crippen molar-refractivity contribution in [3.8, 4) is 0 Å². The maximum Gasteiger partial charge on any atom is 0.338 e. The van der Waals surface area contributed by atoms with Crippen LogP contribution in [0, 0.1) is 6.92 Å². The minimum absolute atomic E-state index is 0.306. The van der Waals surface area contributed by atoms with Gasteiger partial charge in [-0.3, -0.25) is 0 Å². The van der Waals surface area contributed by atoms with Crippen LogP contribution in [0.25, 0.3) is 0 Å². The molecule has 1 aromatic rings. The number of rotatable bonds is 4. The average Bonchev–Trinajstić information content (AvgIpc) is 2.68. The first kappa shape index (κ1) is 15.1. The molecule has 0 atom stereocenters. The Bertz CT molecular complexity index is 303. The molecule has 0 saturated heterocycles. The van der Waals surface area contributed by atoms with Crippen molar-refractivity contribution in [3.63, 3.8) is 0 Å². The van der Waals surface area contributed by atoms with E-state index in [1.165, 1.54) is 25.0 Å². The molecule has 0 aliphatic heterocycles. The third-order valence-electron chi connectivity index (χ3n) is 2.32. The summed E-state index contributed by atoms with van der Waals surface area (Å²) in [6.07, 6.45) is 0. The molecule has 0 fully saturated rings. The van der Waals surface area contributed by atoms with E-state index in [0.29, 0.717) is 11.3 Å². The summed E-state index contributed by atoms with van der Waals surface area (Å²) in [7, 11) is 0. The topological polar surface area (TPSA) is 53.4 Å². The molecule has 0 unspecified atom stereocenters. The fraction of sp³-hybridized carbons (Fsp3) is 0.636. The van der Waals surface area contributed by atoms with Gasteiger partial charge in [0.05, 0.1) is 11.3 Å². The summed E-state index contributed by atoms with van der Waals surface area (Å²) in [4.78, 5) is 12.6.